The second-order valence-corrected chi connectivity index (χ2v) is 3.44. The maximum Gasteiger partial charge on any atom is 0.509 e. The molecule has 4 heteroatoms. The number of hydrogen-bond donors (Lipinski definition) is 0. The lowest BCUT2D eigenvalue weighted by molar-refractivity contribution is 0.256. The monoisotopic (exact) mass is 160 g/mol. The zero-order chi connectivity index (χ0) is 7.98. The fourth-order valence-electron chi connectivity index (χ4n) is 0.429. The van der Waals surface area contributed by atoms with Gasteiger partial charge >= 0.3 is 8.03 Å². The quantitative estimate of drug-likeness (QED) is 0.591. The molecule has 0 N–H and O–H groups in total. The third-order valence-electron chi connectivity index (χ3n) is 0.735. The average molecular weight is 160 g/mol. The summed E-state index contributed by atoms with van der Waals surface area (Å²) in [6.45, 7) is 3.64. The SMILES string of the molecule is CC(C)O[P+](=O)CCC#N. The Kier molecular flexibility index (Phi) is 5.10. The van der Waals surface area contributed by atoms with Crippen LogP contribution in [0.2, 0.25) is 0 Å². The molecule has 1 atom stereocenters. The van der Waals surface area contributed by atoms with E-state index in [0.29, 0.717) is 12.6 Å². The van der Waals surface area contributed by atoms with Crippen molar-refractivity contribution in [1.82, 2.24) is 0 Å². The summed E-state index contributed by atoms with van der Waals surface area (Å²) in [6, 6.07) is 1.91. The van der Waals surface area contributed by atoms with Crippen LogP contribution in [-0.2, 0) is 9.09 Å². The molecule has 0 bridgehead atoms. The minimum atomic E-state index is -1.60. The Hall–Kier alpha value is -0.450. The molecule has 0 aliphatic heterocycles. The third kappa shape index (κ3) is 5.68. The predicted molar refractivity (Wildman–Crippen MR) is 38.9 cm³/mol. The fourth-order valence-corrected chi connectivity index (χ4v) is 1.29. The molecule has 0 aromatic rings. The normalized spacial score (nSPS) is 11.2. The summed E-state index contributed by atoms with van der Waals surface area (Å²) in [5.41, 5.74) is 0. The van der Waals surface area contributed by atoms with Crippen LogP contribution in [0, 0.1) is 11.3 Å². The van der Waals surface area contributed by atoms with E-state index in [0.717, 1.165) is 0 Å². The summed E-state index contributed by atoms with van der Waals surface area (Å²) in [6.07, 6.45) is 0.647. The van der Waals surface area contributed by atoms with Crippen LogP contribution in [0.15, 0.2) is 0 Å². The average Bonchev–Trinajstić information content (AvgIpc) is 1.82. The molecule has 0 saturated heterocycles. The van der Waals surface area contributed by atoms with E-state index in [4.69, 9.17) is 9.79 Å². The minimum Gasteiger partial charge on any atom is -0.198 e. The van der Waals surface area contributed by atoms with Crippen LogP contribution in [0.1, 0.15) is 20.3 Å². The van der Waals surface area contributed by atoms with Gasteiger partial charge < -0.3 is 0 Å². The third-order valence-corrected chi connectivity index (χ3v) is 1.98. The fraction of sp³-hybridized carbons (Fsp3) is 0.833. The van der Waals surface area contributed by atoms with Crippen molar-refractivity contribution in [3.8, 4) is 6.07 Å². The van der Waals surface area contributed by atoms with Crippen LogP contribution in [-0.4, -0.2) is 12.3 Å². The molecule has 3 nitrogen and oxygen atoms in total. The van der Waals surface area contributed by atoms with Crippen LogP contribution in [0.25, 0.3) is 0 Å². The molecule has 0 aliphatic carbocycles. The Morgan fingerprint density at radius 1 is 1.70 bits per heavy atom. The molecule has 0 radical (unpaired) electrons. The highest BCUT2D eigenvalue weighted by Gasteiger charge is 2.17. The van der Waals surface area contributed by atoms with Gasteiger partial charge in [0.25, 0.3) is 0 Å². The Bertz CT molecular complexity index is 150. The Balaban J connectivity index is 3.37. The van der Waals surface area contributed by atoms with Crippen molar-refractivity contribution in [2.75, 3.05) is 6.16 Å². The standard InChI is InChI=1S/C6H11NO2P/c1-6(2)9-10(8)5-3-4-7/h6H,3,5H2,1-2H3/q+1. The van der Waals surface area contributed by atoms with Gasteiger partial charge in [-0.05, 0) is 18.4 Å². The number of nitriles is 1. The highest BCUT2D eigenvalue weighted by molar-refractivity contribution is 7.39. The lowest BCUT2D eigenvalue weighted by atomic mass is 10.5. The zero-order valence-corrected chi connectivity index (χ0v) is 7.10. The smallest absolute Gasteiger partial charge is 0.198 e. The first kappa shape index (κ1) is 9.55. The van der Waals surface area contributed by atoms with Gasteiger partial charge in [0.05, 0.1) is 12.5 Å². The molecule has 0 aromatic heterocycles. The molecule has 0 aliphatic rings. The summed E-state index contributed by atoms with van der Waals surface area (Å²) < 4.78 is 15.7. The summed E-state index contributed by atoms with van der Waals surface area (Å²) >= 11 is 0. The molecule has 0 spiro atoms. The summed E-state index contributed by atoms with van der Waals surface area (Å²) in [7, 11) is -1.60. The number of hydrogen-bond acceptors (Lipinski definition) is 3. The Morgan fingerprint density at radius 3 is 2.70 bits per heavy atom. The largest absolute Gasteiger partial charge is 0.509 e. The van der Waals surface area contributed by atoms with E-state index in [-0.39, 0.29) is 6.10 Å². The maximum absolute atomic E-state index is 10.8. The van der Waals surface area contributed by atoms with Gasteiger partial charge in [-0.1, -0.05) is 0 Å². The van der Waals surface area contributed by atoms with Crippen molar-refractivity contribution >= 4 is 8.03 Å². The molecule has 0 heterocycles. The molecule has 0 rings (SSSR count). The molecule has 0 saturated carbocycles. The van der Waals surface area contributed by atoms with E-state index in [1.165, 1.54) is 0 Å². The van der Waals surface area contributed by atoms with E-state index < -0.39 is 8.03 Å². The van der Waals surface area contributed by atoms with E-state index >= 15 is 0 Å². The molecule has 1 unspecified atom stereocenters. The lowest BCUT2D eigenvalue weighted by Crippen LogP contribution is -1.95. The van der Waals surface area contributed by atoms with Crippen LogP contribution in [0.5, 0.6) is 0 Å². The van der Waals surface area contributed by atoms with Gasteiger partial charge in [0.2, 0.25) is 0 Å². The summed E-state index contributed by atoms with van der Waals surface area (Å²) in [5.74, 6) is 0. The van der Waals surface area contributed by atoms with Crippen molar-refractivity contribution in [3.05, 3.63) is 0 Å². The number of nitrogens with zero attached hydrogens (tertiary/aromatic N) is 1. The Morgan fingerprint density at radius 2 is 2.30 bits per heavy atom. The first-order valence-electron chi connectivity index (χ1n) is 3.15. The maximum atomic E-state index is 10.8. The van der Waals surface area contributed by atoms with Gasteiger partial charge in [-0.15, -0.1) is 4.52 Å². The van der Waals surface area contributed by atoms with Gasteiger partial charge in [-0.3, -0.25) is 0 Å². The molecule has 10 heavy (non-hydrogen) atoms. The summed E-state index contributed by atoms with van der Waals surface area (Å²) in [4.78, 5) is 0. The molecule has 56 valence electrons. The highest BCUT2D eigenvalue weighted by atomic mass is 31.1. The van der Waals surface area contributed by atoms with E-state index in [1.807, 2.05) is 19.9 Å². The topological polar surface area (TPSA) is 50.1 Å². The molecule has 0 amide bonds. The van der Waals surface area contributed by atoms with E-state index in [2.05, 4.69) is 0 Å². The summed E-state index contributed by atoms with van der Waals surface area (Å²) in [5, 5.41) is 8.12. The highest BCUT2D eigenvalue weighted by Crippen LogP contribution is 2.24. The molecule has 0 fully saturated rings. The van der Waals surface area contributed by atoms with Crippen LogP contribution < -0.4 is 0 Å². The second kappa shape index (κ2) is 5.34. The van der Waals surface area contributed by atoms with Crippen molar-refractivity contribution in [2.24, 2.45) is 0 Å². The van der Waals surface area contributed by atoms with Crippen molar-refractivity contribution < 1.29 is 9.09 Å². The van der Waals surface area contributed by atoms with Gasteiger partial charge in [-0.25, -0.2) is 0 Å². The van der Waals surface area contributed by atoms with Crippen molar-refractivity contribution in [3.63, 3.8) is 0 Å². The molecule has 0 aromatic carbocycles. The van der Waals surface area contributed by atoms with Crippen LogP contribution >= 0.6 is 8.03 Å². The van der Waals surface area contributed by atoms with E-state index in [1.54, 1.807) is 0 Å². The first-order chi connectivity index (χ1) is 4.66. The van der Waals surface area contributed by atoms with Crippen molar-refractivity contribution in [1.29, 1.82) is 5.26 Å². The zero-order valence-electron chi connectivity index (χ0n) is 6.20. The van der Waals surface area contributed by atoms with Gasteiger partial charge in [0.15, 0.2) is 6.16 Å². The van der Waals surface area contributed by atoms with Gasteiger partial charge in [-0.2, -0.15) is 5.26 Å². The minimum absolute atomic E-state index is 0.0118. The molecular formula is C6H11NO2P+. The van der Waals surface area contributed by atoms with E-state index in [9.17, 15) is 4.57 Å². The van der Waals surface area contributed by atoms with Gasteiger partial charge in [0, 0.05) is 0 Å². The Labute approximate surface area is 61.9 Å². The lowest BCUT2D eigenvalue weighted by Gasteiger charge is -1.90. The molecular weight excluding hydrogens is 149 g/mol. The van der Waals surface area contributed by atoms with Crippen LogP contribution in [0.4, 0.5) is 0 Å². The predicted octanol–water partition coefficient (Wildman–Crippen LogP) is 2.07. The van der Waals surface area contributed by atoms with Crippen LogP contribution in [0.3, 0.4) is 0 Å². The van der Waals surface area contributed by atoms with Crippen molar-refractivity contribution in [2.45, 2.75) is 26.4 Å². The number of rotatable bonds is 4. The second-order valence-electron chi connectivity index (χ2n) is 2.12. The first-order valence-corrected chi connectivity index (χ1v) is 4.51. The van der Waals surface area contributed by atoms with Gasteiger partial charge in [0.1, 0.15) is 6.10 Å².